The first-order valence-electron chi connectivity index (χ1n) is 6.19. The maximum absolute atomic E-state index is 11.8. The highest BCUT2D eigenvalue weighted by molar-refractivity contribution is 6.30. The van der Waals surface area contributed by atoms with Gasteiger partial charge in [0.25, 0.3) is 0 Å². The van der Waals surface area contributed by atoms with Crippen molar-refractivity contribution in [3.63, 3.8) is 0 Å². The third-order valence-corrected chi connectivity index (χ3v) is 2.76. The van der Waals surface area contributed by atoms with E-state index in [2.05, 4.69) is 0 Å². The molecule has 0 aromatic heterocycles. The van der Waals surface area contributed by atoms with E-state index in [1.165, 1.54) is 0 Å². The SMILES string of the molecule is CN(CCOc1cccc(Cl)c1)C(=O)CC(C)(C)N. The van der Waals surface area contributed by atoms with Crippen molar-refractivity contribution in [1.82, 2.24) is 4.90 Å². The Morgan fingerprint density at radius 3 is 2.74 bits per heavy atom. The minimum absolute atomic E-state index is 0.0159. The van der Waals surface area contributed by atoms with Gasteiger partial charge in [0.2, 0.25) is 5.91 Å². The van der Waals surface area contributed by atoms with Crippen LogP contribution in [-0.4, -0.2) is 36.5 Å². The van der Waals surface area contributed by atoms with Crippen LogP contribution in [0.25, 0.3) is 0 Å². The summed E-state index contributed by atoms with van der Waals surface area (Å²) in [5.74, 6) is 0.717. The van der Waals surface area contributed by atoms with Crippen molar-refractivity contribution in [3.8, 4) is 5.75 Å². The fraction of sp³-hybridized carbons (Fsp3) is 0.500. The number of benzene rings is 1. The molecule has 0 radical (unpaired) electrons. The average molecular weight is 285 g/mol. The van der Waals surface area contributed by atoms with Crippen LogP contribution >= 0.6 is 11.6 Å². The molecule has 0 atom stereocenters. The van der Waals surface area contributed by atoms with E-state index in [4.69, 9.17) is 22.1 Å². The van der Waals surface area contributed by atoms with Crippen LogP contribution in [0.2, 0.25) is 5.02 Å². The van der Waals surface area contributed by atoms with Gasteiger partial charge in [0.1, 0.15) is 12.4 Å². The lowest BCUT2D eigenvalue weighted by atomic mass is 10.0. The molecule has 0 spiro atoms. The van der Waals surface area contributed by atoms with Crippen molar-refractivity contribution in [2.45, 2.75) is 25.8 Å². The van der Waals surface area contributed by atoms with E-state index in [1.807, 2.05) is 26.0 Å². The molecular formula is C14H21ClN2O2. The highest BCUT2D eigenvalue weighted by atomic mass is 35.5. The van der Waals surface area contributed by atoms with Crippen molar-refractivity contribution in [2.75, 3.05) is 20.2 Å². The summed E-state index contributed by atoms with van der Waals surface area (Å²) in [5, 5.41) is 0.631. The molecule has 0 saturated carbocycles. The molecule has 1 rings (SSSR count). The Balaban J connectivity index is 2.34. The van der Waals surface area contributed by atoms with Crippen molar-refractivity contribution < 1.29 is 9.53 Å². The lowest BCUT2D eigenvalue weighted by Crippen LogP contribution is -2.40. The highest BCUT2D eigenvalue weighted by Gasteiger charge is 2.19. The van der Waals surface area contributed by atoms with Crippen LogP contribution in [0.3, 0.4) is 0 Å². The van der Waals surface area contributed by atoms with E-state index in [-0.39, 0.29) is 5.91 Å². The Bertz CT molecular complexity index is 430. The maximum Gasteiger partial charge on any atom is 0.224 e. The quantitative estimate of drug-likeness (QED) is 0.872. The molecule has 19 heavy (non-hydrogen) atoms. The second-order valence-corrected chi connectivity index (χ2v) is 5.72. The van der Waals surface area contributed by atoms with Gasteiger partial charge < -0.3 is 15.4 Å². The number of nitrogens with zero attached hydrogens (tertiary/aromatic N) is 1. The first-order chi connectivity index (χ1) is 8.78. The number of carbonyl (C=O) groups is 1. The van der Waals surface area contributed by atoms with E-state index in [1.54, 1.807) is 24.1 Å². The van der Waals surface area contributed by atoms with Gasteiger partial charge in [-0.1, -0.05) is 17.7 Å². The van der Waals surface area contributed by atoms with Gasteiger partial charge in [-0.3, -0.25) is 4.79 Å². The molecule has 1 amide bonds. The number of hydrogen-bond donors (Lipinski definition) is 1. The van der Waals surface area contributed by atoms with Gasteiger partial charge in [-0.25, -0.2) is 0 Å². The third-order valence-electron chi connectivity index (χ3n) is 2.52. The zero-order valence-electron chi connectivity index (χ0n) is 11.6. The first-order valence-corrected chi connectivity index (χ1v) is 6.57. The predicted molar refractivity (Wildman–Crippen MR) is 77.5 cm³/mol. The van der Waals surface area contributed by atoms with E-state index < -0.39 is 5.54 Å². The Labute approximate surface area is 119 Å². The Morgan fingerprint density at radius 1 is 1.47 bits per heavy atom. The molecule has 0 saturated heterocycles. The Morgan fingerprint density at radius 2 is 2.16 bits per heavy atom. The number of carbonyl (C=O) groups excluding carboxylic acids is 1. The smallest absolute Gasteiger partial charge is 0.224 e. The molecule has 1 aromatic rings. The van der Waals surface area contributed by atoms with Crippen LogP contribution in [0.1, 0.15) is 20.3 Å². The second-order valence-electron chi connectivity index (χ2n) is 5.29. The molecule has 4 nitrogen and oxygen atoms in total. The zero-order valence-corrected chi connectivity index (χ0v) is 12.4. The molecular weight excluding hydrogens is 264 g/mol. The van der Waals surface area contributed by atoms with Crippen LogP contribution in [0.5, 0.6) is 5.75 Å². The van der Waals surface area contributed by atoms with Crippen LogP contribution in [-0.2, 0) is 4.79 Å². The Kier molecular flexibility index (Phi) is 5.63. The number of likely N-dealkylation sites (N-methyl/N-ethyl adjacent to an activating group) is 1. The van der Waals surface area contributed by atoms with Crippen LogP contribution in [0.4, 0.5) is 0 Å². The summed E-state index contributed by atoms with van der Waals surface area (Å²) < 4.78 is 5.53. The molecule has 0 fully saturated rings. The molecule has 5 heteroatoms. The van der Waals surface area contributed by atoms with E-state index in [9.17, 15) is 4.79 Å². The van der Waals surface area contributed by atoms with Gasteiger partial charge in [-0.05, 0) is 32.0 Å². The van der Waals surface area contributed by atoms with E-state index >= 15 is 0 Å². The van der Waals surface area contributed by atoms with Gasteiger partial charge in [0.15, 0.2) is 0 Å². The minimum atomic E-state index is -0.487. The van der Waals surface area contributed by atoms with Crippen LogP contribution in [0, 0.1) is 0 Å². The van der Waals surface area contributed by atoms with E-state index in [0.717, 1.165) is 0 Å². The van der Waals surface area contributed by atoms with Crippen LogP contribution in [0.15, 0.2) is 24.3 Å². The molecule has 2 N–H and O–H groups in total. The maximum atomic E-state index is 11.8. The summed E-state index contributed by atoms with van der Waals surface area (Å²) in [4.78, 5) is 13.4. The number of hydrogen-bond acceptors (Lipinski definition) is 3. The number of nitrogens with two attached hydrogens (primary N) is 1. The topological polar surface area (TPSA) is 55.6 Å². The highest BCUT2D eigenvalue weighted by Crippen LogP contribution is 2.17. The first kappa shape index (κ1) is 15.8. The molecule has 0 bridgehead atoms. The fourth-order valence-corrected chi connectivity index (χ4v) is 1.69. The second kappa shape index (κ2) is 6.78. The summed E-state index contributed by atoms with van der Waals surface area (Å²) in [6, 6.07) is 7.18. The molecule has 0 heterocycles. The third kappa shape index (κ3) is 6.45. The van der Waals surface area contributed by atoms with Gasteiger partial charge in [0.05, 0.1) is 6.54 Å². The lowest BCUT2D eigenvalue weighted by molar-refractivity contribution is -0.131. The van der Waals surface area contributed by atoms with Crippen molar-refractivity contribution in [1.29, 1.82) is 0 Å². The lowest BCUT2D eigenvalue weighted by Gasteiger charge is -2.23. The summed E-state index contributed by atoms with van der Waals surface area (Å²) in [6.45, 7) is 4.61. The summed E-state index contributed by atoms with van der Waals surface area (Å²) in [5.41, 5.74) is 5.33. The number of rotatable bonds is 6. The predicted octanol–water partition coefficient (Wildman–Crippen LogP) is 2.30. The minimum Gasteiger partial charge on any atom is -0.492 e. The van der Waals surface area contributed by atoms with Crippen molar-refractivity contribution in [3.05, 3.63) is 29.3 Å². The van der Waals surface area contributed by atoms with Gasteiger partial charge in [-0.15, -0.1) is 0 Å². The monoisotopic (exact) mass is 284 g/mol. The van der Waals surface area contributed by atoms with E-state index in [0.29, 0.717) is 30.3 Å². The summed E-state index contributed by atoms with van der Waals surface area (Å²) in [6.07, 6.45) is 0.320. The van der Waals surface area contributed by atoms with Gasteiger partial charge in [0, 0.05) is 24.0 Å². The molecule has 0 aliphatic carbocycles. The number of halogens is 1. The van der Waals surface area contributed by atoms with Crippen molar-refractivity contribution >= 4 is 17.5 Å². The number of amides is 1. The van der Waals surface area contributed by atoms with Gasteiger partial charge >= 0.3 is 0 Å². The molecule has 1 aromatic carbocycles. The Hall–Kier alpha value is -1.26. The normalized spacial score (nSPS) is 11.2. The molecule has 0 unspecified atom stereocenters. The average Bonchev–Trinajstić information content (AvgIpc) is 2.26. The zero-order chi connectivity index (χ0) is 14.5. The molecule has 0 aliphatic heterocycles. The van der Waals surface area contributed by atoms with Crippen LogP contribution < -0.4 is 10.5 Å². The fourth-order valence-electron chi connectivity index (χ4n) is 1.51. The molecule has 106 valence electrons. The largest absolute Gasteiger partial charge is 0.492 e. The number of ether oxygens (including phenoxy) is 1. The summed E-state index contributed by atoms with van der Waals surface area (Å²) >= 11 is 5.85. The molecule has 0 aliphatic rings. The standard InChI is InChI=1S/C14H21ClN2O2/c1-14(2,16)10-13(18)17(3)7-8-19-12-6-4-5-11(15)9-12/h4-6,9H,7-8,10,16H2,1-3H3. The summed E-state index contributed by atoms with van der Waals surface area (Å²) in [7, 11) is 1.75. The van der Waals surface area contributed by atoms with Crippen molar-refractivity contribution in [2.24, 2.45) is 5.73 Å². The van der Waals surface area contributed by atoms with Gasteiger partial charge in [-0.2, -0.15) is 0 Å².